The molecule has 3 rings (SSSR count). The van der Waals surface area contributed by atoms with Crippen molar-refractivity contribution in [3.05, 3.63) is 54.0 Å². The lowest BCUT2D eigenvalue weighted by molar-refractivity contribution is -0.118. The van der Waals surface area contributed by atoms with Crippen LogP contribution in [0, 0.1) is 0 Å². The van der Waals surface area contributed by atoms with Gasteiger partial charge in [-0.1, -0.05) is 18.2 Å². The van der Waals surface area contributed by atoms with Crippen LogP contribution in [0.5, 0.6) is 0 Å². The quantitative estimate of drug-likeness (QED) is 0.942. The summed E-state index contributed by atoms with van der Waals surface area (Å²) in [5, 5.41) is 2.70. The van der Waals surface area contributed by atoms with Crippen molar-refractivity contribution in [2.24, 2.45) is 0 Å². The molecule has 1 aromatic heterocycles. The molecule has 114 valence electrons. The van der Waals surface area contributed by atoms with Gasteiger partial charge in [0.2, 0.25) is 5.91 Å². The number of carbonyl (C=O) groups is 2. The molecule has 5 nitrogen and oxygen atoms in total. The first-order valence-corrected chi connectivity index (χ1v) is 7.38. The molecule has 1 aliphatic heterocycles. The topological polar surface area (TPSA) is 62.6 Å². The Morgan fingerprint density at radius 3 is 2.86 bits per heavy atom. The van der Waals surface area contributed by atoms with Crippen molar-refractivity contribution in [2.75, 3.05) is 11.4 Å². The van der Waals surface area contributed by atoms with Gasteiger partial charge in [0, 0.05) is 24.7 Å². The fourth-order valence-electron chi connectivity index (χ4n) is 2.84. The predicted molar refractivity (Wildman–Crippen MR) is 82.8 cm³/mol. The highest BCUT2D eigenvalue weighted by Crippen LogP contribution is 2.32. The lowest BCUT2D eigenvalue weighted by atomic mass is 10.1. The molecule has 1 N–H and O–H groups in total. The van der Waals surface area contributed by atoms with Crippen molar-refractivity contribution < 1.29 is 14.0 Å². The Morgan fingerprint density at radius 2 is 2.09 bits per heavy atom. The first-order valence-electron chi connectivity index (χ1n) is 7.38. The summed E-state index contributed by atoms with van der Waals surface area (Å²) in [7, 11) is 0. The van der Waals surface area contributed by atoms with Crippen LogP contribution in [0.1, 0.15) is 29.5 Å². The van der Waals surface area contributed by atoms with Gasteiger partial charge in [-0.3, -0.25) is 9.59 Å². The normalized spacial score (nSPS) is 16.4. The smallest absolute Gasteiger partial charge is 0.286 e. The first-order chi connectivity index (χ1) is 10.7. The monoisotopic (exact) mass is 298 g/mol. The number of rotatable bonds is 4. The minimum Gasteiger partial charge on any atom is -0.459 e. The number of hydrogen-bond donors (Lipinski definition) is 1. The molecule has 5 heteroatoms. The number of amides is 2. The van der Waals surface area contributed by atoms with E-state index in [9.17, 15) is 9.59 Å². The maximum atomic E-state index is 12.4. The van der Waals surface area contributed by atoms with Crippen molar-refractivity contribution in [2.45, 2.75) is 25.8 Å². The summed E-state index contributed by atoms with van der Waals surface area (Å²) in [5.41, 5.74) is 2.18. The van der Waals surface area contributed by atoms with Crippen LogP contribution in [0.3, 0.4) is 0 Å². The molecule has 0 saturated heterocycles. The molecule has 2 amide bonds. The molecule has 0 aliphatic carbocycles. The summed E-state index contributed by atoms with van der Waals surface area (Å²) in [6.07, 6.45) is 2.59. The number of para-hydroxylation sites is 1. The van der Waals surface area contributed by atoms with Crippen molar-refractivity contribution >= 4 is 17.5 Å². The summed E-state index contributed by atoms with van der Waals surface area (Å²) in [6, 6.07) is 11.4. The second-order valence-electron chi connectivity index (χ2n) is 5.43. The SMILES string of the molecule is C[C@H]1Cc2ccccc2N1C(=O)CCNC(=O)c1ccco1. The Kier molecular flexibility index (Phi) is 3.96. The predicted octanol–water partition coefficient (Wildman–Crippen LogP) is 2.38. The highest BCUT2D eigenvalue weighted by molar-refractivity contribution is 5.97. The Balaban J connectivity index is 1.57. The number of furan rings is 1. The van der Waals surface area contributed by atoms with E-state index in [4.69, 9.17) is 4.42 Å². The molecule has 0 radical (unpaired) electrons. The second-order valence-corrected chi connectivity index (χ2v) is 5.43. The Bertz CT molecular complexity index is 679. The van der Waals surface area contributed by atoms with Gasteiger partial charge >= 0.3 is 0 Å². The van der Waals surface area contributed by atoms with Gasteiger partial charge in [0.15, 0.2) is 5.76 Å². The molecular formula is C17H18N2O3. The molecule has 2 aromatic rings. The summed E-state index contributed by atoms with van der Waals surface area (Å²) < 4.78 is 5.01. The molecule has 1 atom stereocenters. The number of fused-ring (bicyclic) bond motifs is 1. The number of nitrogens with zero attached hydrogens (tertiary/aromatic N) is 1. The third-order valence-corrected chi connectivity index (χ3v) is 3.85. The van der Waals surface area contributed by atoms with Crippen molar-refractivity contribution in [3.63, 3.8) is 0 Å². The Morgan fingerprint density at radius 1 is 1.27 bits per heavy atom. The molecule has 0 spiro atoms. The van der Waals surface area contributed by atoms with Crippen LogP contribution in [-0.4, -0.2) is 24.4 Å². The average Bonchev–Trinajstić information content (AvgIpc) is 3.13. The van der Waals surface area contributed by atoms with Gasteiger partial charge in [-0.05, 0) is 37.1 Å². The van der Waals surface area contributed by atoms with Gasteiger partial charge in [0.05, 0.1) is 6.26 Å². The number of anilines is 1. The molecule has 22 heavy (non-hydrogen) atoms. The molecular weight excluding hydrogens is 280 g/mol. The van der Waals surface area contributed by atoms with E-state index in [-0.39, 0.29) is 30.0 Å². The van der Waals surface area contributed by atoms with Crippen LogP contribution in [0.15, 0.2) is 47.1 Å². The first kappa shape index (κ1) is 14.4. The van der Waals surface area contributed by atoms with Crippen LogP contribution in [0.2, 0.25) is 0 Å². The third kappa shape index (κ3) is 2.74. The zero-order valence-corrected chi connectivity index (χ0v) is 12.4. The minimum absolute atomic E-state index is 0.0252. The van der Waals surface area contributed by atoms with Crippen LogP contribution >= 0.6 is 0 Å². The average molecular weight is 298 g/mol. The van der Waals surface area contributed by atoms with Crippen molar-refractivity contribution in [1.29, 1.82) is 0 Å². The van der Waals surface area contributed by atoms with E-state index in [1.807, 2.05) is 30.0 Å². The van der Waals surface area contributed by atoms with Gasteiger partial charge in [-0.25, -0.2) is 0 Å². The maximum Gasteiger partial charge on any atom is 0.286 e. The van der Waals surface area contributed by atoms with Crippen molar-refractivity contribution in [1.82, 2.24) is 5.32 Å². The van der Waals surface area contributed by atoms with E-state index >= 15 is 0 Å². The lowest BCUT2D eigenvalue weighted by Crippen LogP contribution is -2.38. The third-order valence-electron chi connectivity index (χ3n) is 3.85. The van der Waals surface area contributed by atoms with Crippen LogP contribution in [0.25, 0.3) is 0 Å². The number of nitrogens with one attached hydrogen (secondary N) is 1. The number of carbonyl (C=O) groups excluding carboxylic acids is 2. The van der Waals surface area contributed by atoms with Crippen LogP contribution in [0.4, 0.5) is 5.69 Å². The molecule has 0 unspecified atom stereocenters. The van der Waals surface area contributed by atoms with E-state index in [0.29, 0.717) is 6.54 Å². The van der Waals surface area contributed by atoms with E-state index in [0.717, 1.165) is 12.1 Å². The van der Waals surface area contributed by atoms with E-state index < -0.39 is 0 Å². The second kappa shape index (κ2) is 6.05. The number of hydrogen-bond acceptors (Lipinski definition) is 3. The number of benzene rings is 1. The summed E-state index contributed by atoms with van der Waals surface area (Å²) in [6.45, 7) is 2.34. The molecule has 1 aliphatic rings. The molecule has 2 heterocycles. The van der Waals surface area contributed by atoms with Gasteiger partial charge in [0.1, 0.15) is 0 Å². The molecule has 1 aromatic carbocycles. The van der Waals surface area contributed by atoms with Gasteiger partial charge < -0.3 is 14.6 Å². The summed E-state index contributed by atoms with van der Waals surface area (Å²) >= 11 is 0. The Labute approximate surface area is 128 Å². The van der Waals surface area contributed by atoms with Crippen LogP contribution < -0.4 is 10.2 Å². The van der Waals surface area contributed by atoms with Gasteiger partial charge in [-0.2, -0.15) is 0 Å². The van der Waals surface area contributed by atoms with E-state index in [1.54, 1.807) is 12.1 Å². The zero-order valence-electron chi connectivity index (χ0n) is 12.4. The fourth-order valence-corrected chi connectivity index (χ4v) is 2.84. The zero-order chi connectivity index (χ0) is 15.5. The summed E-state index contributed by atoms with van der Waals surface area (Å²) in [4.78, 5) is 26.0. The van der Waals surface area contributed by atoms with E-state index in [1.165, 1.54) is 11.8 Å². The molecule has 0 fully saturated rings. The minimum atomic E-state index is -0.298. The lowest BCUT2D eigenvalue weighted by Gasteiger charge is -2.22. The fraction of sp³-hybridized carbons (Fsp3) is 0.294. The standard InChI is InChI=1S/C17H18N2O3/c1-12-11-13-5-2-3-6-14(13)19(12)16(20)8-9-18-17(21)15-7-4-10-22-15/h2-7,10,12H,8-9,11H2,1H3,(H,18,21)/t12-/m0/s1. The Hall–Kier alpha value is -2.56. The molecule has 0 saturated carbocycles. The summed E-state index contributed by atoms with van der Waals surface area (Å²) in [5.74, 6) is -0.0165. The van der Waals surface area contributed by atoms with Gasteiger partial charge in [0.25, 0.3) is 5.91 Å². The highest BCUT2D eigenvalue weighted by atomic mass is 16.3. The highest BCUT2D eigenvalue weighted by Gasteiger charge is 2.30. The van der Waals surface area contributed by atoms with Crippen molar-refractivity contribution in [3.8, 4) is 0 Å². The molecule has 0 bridgehead atoms. The van der Waals surface area contributed by atoms with E-state index in [2.05, 4.69) is 11.4 Å². The van der Waals surface area contributed by atoms with Crippen LogP contribution in [-0.2, 0) is 11.2 Å². The maximum absolute atomic E-state index is 12.4. The van der Waals surface area contributed by atoms with Gasteiger partial charge in [-0.15, -0.1) is 0 Å². The largest absolute Gasteiger partial charge is 0.459 e.